The van der Waals surface area contributed by atoms with Gasteiger partial charge in [0.05, 0.1) is 12.2 Å². The van der Waals surface area contributed by atoms with E-state index in [2.05, 4.69) is 5.10 Å². The van der Waals surface area contributed by atoms with E-state index in [1.807, 2.05) is 0 Å². The van der Waals surface area contributed by atoms with E-state index in [9.17, 15) is 9.18 Å². The predicted molar refractivity (Wildman–Crippen MR) is 74.5 cm³/mol. The fourth-order valence-corrected chi connectivity index (χ4v) is 2.00. The molecular weight excluding hydrogens is 259 g/mol. The molecule has 1 unspecified atom stereocenters. The number of carbonyl (C=O) groups excluding carboxylic acids is 1. The molecule has 0 saturated carbocycles. The topological polar surface area (TPSA) is 64.2 Å². The lowest BCUT2D eigenvalue weighted by atomic mass is 10.1. The summed E-state index contributed by atoms with van der Waals surface area (Å²) in [5.41, 5.74) is 6.57. The lowest BCUT2D eigenvalue weighted by Gasteiger charge is -2.25. The summed E-state index contributed by atoms with van der Waals surface area (Å²) in [6.07, 6.45) is 1.42. The van der Waals surface area contributed by atoms with E-state index in [4.69, 9.17) is 5.73 Å². The third-order valence-corrected chi connectivity index (χ3v) is 3.47. The lowest BCUT2D eigenvalue weighted by molar-refractivity contribution is 0.0741. The van der Waals surface area contributed by atoms with Crippen LogP contribution in [0.4, 0.5) is 10.2 Å². The van der Waals surface area contributed by atoms with Gasteiger partial charge in [-0.05, 0) is 13.0 Å². The average molecular weight is 276 g/mol. The maximum absolute atomic E-state index is 13.8. The number of aromatic nitrogens is 2. The highest BCUT2D eigenvalue weighted by Crippen LogP contribution is 2.24. The predicted octanol–water partition coefficient (Wildman–Crippen LogP) is 1.97. The van der Waals surface area contributed by atoms with Gasteiger partial charge in [0.2, 0.25) is 0 Å². The number of anilines is 1. The number of aryl methyl sites for hydroxylation is 1. The zero-order valence-corrected chi connectivity index (χ0v) is 11.7. The number of carbonyl (C=O) groups is 1. The molecule has 0 saturated heterocycles. The number of nitrogens with two attached hydrogens (primary N) is 1. The van der Waals surface area contributed by atoms with Gasteiger partial charge in [-0.25, -0.2) is 4.39 Å². The number of nitrogen functional groups attached to an aromatic ring is 1. The highest BCUT2D eigenvalue weighted by Gasteiger charge is 2.24. The second-order valence-electron chi connectivity index (χ2n) is 4.68. The Morgan fingerprint density at radius 2 is 2.10 bits per heavy atom. The molecule has 2 rings (SSSR count). The molecule has 0 fully saturated rings. The van der Waals surface area contributed by atoms with Crippen molar-refractivity contribution >= 4 is 11.7 Å². The molecule has 0 aliphatic heterocycles. The van der Waals surface area contributed by atoms with E-state index in [1.165, 1.54) is 21.8 Å². The molecule has 2 N–H and O–H groups in total. The summed E-state index contributed by atoms with van der Waals surface area (Å²) >= 11 is 0. The molecule has 1 heterocycles. The molecule has 1 aromatic carbocycles. The Bertz CT molecular complexity index is 638. The average Bonchev–Trinajstić information content (AvgIpc) is 2.77. The Morgan fingerprint density at radius 1 is 1.45 bits per heavy atom. The summed E-state index contributed by atoms with van der Waals surface area (Å²) in [4.78, 5) is 13.8. The van der Waals surface area contributed by atoms with Crippen LogP contribution in [0.25, 0.3) is 0 Å². The van der Waals surface area contributed by atoms with Crippen LogP contribution in [0.15, 0.2) is 30.5 Å². The van der Waals surface area contributed by atoms with E-state index < -0.39 is 6.04 Å². The number of hydrogen-bond acceptors (Lipinski definition) is 3. The van der Waals surface area contributed by atoms with Crippen molar-refractivity contribution < 1.29 is 9.18 Å². The summed E-state index contributed by atoms with van der Waals surface area (Å²) in [6, 6.07) is 6.00. The Morgan fingerprint density at radius 3 is 2.65 bits per heavy atom. The maximum atomic E-state index is 13.8. The van der Waals surface area contributed by atoms with Crippen LogP contribution in [0, 0.1) is 5.82 Å². The number of nitrogens with zero attached hydrogens (tertiary/aromatic N) is 3. The third-order valence-electron chi connectivity index (χ3n) is 3.47. The largest absolute Gasteiger partial charge is 0.383 e. The van der Waals surface area contributed by atoms with Crippen molar-refractivity contribution in [2.45, 2.75) is 13.0 Å². The maximum Gasteiger partial charge on any atom is 0.259 e. The van der Waals surface area contributed by atoms with Crippen molar-refractivity contribution in [1.82, 2.24) is 14.7 Å². The molecule has 1 atom stereocenters. The summed E-state index contributed by atoms with van der Waals surface area (Å²) < 4.78 is 15.2. The van der Waals surface area contributed by atoms with Crippen LogP contribution in [0.1, 0.15) is 28.9 Å². The smallest absolute Gasteiger partial charge is 0.259 e. The molecule has 0 bridgehead atoms. The molecule has 0 spiro atoms. The Kier molecular flexibility index (Phi) is 3.74. The lowest BCUT2D eigenvalue weighted by Crippen LogP contribution is -2.30. The van der Waals surface area contributed by atoms with Gasteiger partial charge in [-0.3, -0.25) is 9.48 Å². The minimum atomic E-state index is -0.400. The first-order valence-corrected chi connectivity index (χ1v) is 6.22. The molecule has 20 heavy (non-hydrogen) atoms. The molecular formula is C14H17FN4O. The first-order chi connectivity index (χ1) is 9.43. The van der Waals surface area contributed by atoms with Crippen LogP contribution in [-0.4, -0.2) is 27.6 Å². The fraction of sp³-hybridized carbons (Fsp3) is 0.286. The number of halogens is 1. The van der Waals surface area contributed by atoms with Gasteiger partial charge in [0.15, 0.2) is 0 Å². The van der Waals surface area contributed by atoms with Gasteiger partial charge >= 0.3 is 0 Å². The summed E-state index contributed by atoms with van der Waals surface area (Å²) in [6.45, 7) is 1.77. The van der Waals surface area contributed by atoms with Crippen LogP contribution in [0.5, 0.6) is 0 Å². The van der Waals surface area contributed by atoms with E-state index in [0.717, 1.165) is 0 Å². The van der Waals surface area contributed by atoms with Crippen LogP contribution in [-0.2, 0) is 7.05 Å². The normalized spacial score (nSPS) is 12.2. The SMILES string of the molecule is CC(c1ccccc1F)N(C)C(=O)c1cnn(C)c1N. The highest BCUT2D eigenvalue weighted by molar-refractivity contribution is 5.98. The van der Waals surface area contributed by atoms with Crippen molar-refractivity contribution in [2.75, 3.05) is 12.8 Å². The van der Waals surface area contributed by atoms with Crippen molar-refractivity contribution in [3.05, 3.63) is 47.4 Å². The van der Waals surface area contributed by atoms with E-state index >= 15 is 0 Å². The Hall–Kier alpha value is -2.37. The molecule has 1 amide bonds. The third kappa shape index (κ3) is 2.36. The van der Waals surface area contributed by atoms with Gasteiger partial charge in [0.1, 0.15) is 17.2 Å². The fourth-order valence-electron chi connectivity index (χ4n) is 2.00. The van der Waals surface area contributed by atoms with E-state index in [0.29, 0.717) is 16.9 Å². The number of amides is 1. The van der Waals surface area contributed by atoms with Crippen molar-refractivity contribution in [3.8, 4) is 0 Å². The van der Waals surface area contributed by atoms with Gasteiger partial charge in [-0.15, -0.1) is 0 Å². The van der Waals surface area contributed by atoms with Crippen LogP contribution in [0.2, 0.25) is 0 Å². The highest BCUT2D eigenvalue weighted by atomic mass is 19.1. The van der Waals surface area contributed by atoms with Gasteiger partial charge in [0.25, 0.3) is 5.91 Å². The number of rotatable bonds is 3. The quantitative estimate of drug-likeness (QED) is 0.932. The second kappa shape index (κ2) is 5.32. The van der Waals surface area contributed by atoms with Gasteiger partial charge < -0.3 is 10.6 Å². The summed E-state index contributed by atoms with van der Waals surface area (Å²) in [5, 5.41) is 3.94. The molecule has 106 valence electrons. The zero-order valence-electron chi connectivity index (χ0n) is 11.7. The summed E-state index contributed by atoms with van der Waals surface area (Å²) in [7, 11) is 3.28. The minimum absolute atomic E-state index is 0.286. The molecule has 0 aliphatic carbocycles. The number of benzene rings is 1. The first-order valence-electron chi connectivity index (χ1n) is 6.22. The van der Waals surface area contributed by atoms with Crippen molar-refractivity contribution in [3.63, 3.8) is 0 Å². The van der Waals surface area contributed by atoms with Crippen LogP contribution >= 0.6 is 0 Å². The first kappa shape index (κ1) is 14.0. The van der Waals surface area contributed by atoms with Crippen LogP contribution < -0.4 is 5.73 Å². The van der Waals surface area contributed by atoms with E-state index in [1.54, 1.807) is 39.2 Å². The van der Waals surface area contributed by atoms with Crippen LogP contribution in [0.3, 0.4) is 0 Å². The molecule has 0 aliphatic rings. The molecule has 6 heteroatoms. The molecule has 5 nitrogen and oxygen atoms in total. The monoisotopic (exact) mass is 276 g/mol. The summed E-state index contributed by atoms with van der Waals surface area (Å²) in [5.74, 6) is -0.326. The zero-order chi connectivity index (χ0) is 14.9. The van der Waals surface area contributed by atoms with E-state index in [-0.39, 0.29) is 11.7 Å². The minimum Gasteiger partial charge on any atom is -0.383 e. The molecule has 1 aromatic heterocycles. The van der Waals surface area contributed by atoms with Crippen molar-refractivity contribution in [2.24, 2.45) is 7.05 Å². The molecule has 2 aromatic rings. The second-order valence-corrected chi connectivity index (χ2v) is 4.68. The molecule has 0 radical (unpaired) electrons. The van der Waals surface area contributed by atoms with Gasteiger partial charge in [-0.1, -0.05) is 18.2 Å². The van der Waals surface area contributed by atoms with Gasteiger partial charge in [0, 0.05) is 19.7 Å². The van der Waals surface area contributed by atoms with Gasteiger partial charge in [-0.2, -0.15) is 5.10 Å². The van der Waals surface area contributed by atoms with Crippen molar-refractivity contribution in [1.29, 1.82) is 0 Å². The Labute approximate surface area is 116 Å². The standard InChI is InChI=1S/C14H17FN4O/c1-9(10-6-4-5-7-12(10)15)18(2)14(20)11-8-17-19(3)13(11)16/h4-9H,16H2,1-3H3. The Balaban J connectivity index is 2.27. The number of hydrogen-bond donors (Lipinski definition) is 1.